The lowest BCUT2D eigenvalue weighted by atomic mass is 10.1. The van der Waals surface area contributed by atoms with Gasteiger partial charge < -0.3 is 14.4 Å². The summed E-state index contributed by atoms with van der Waals surface area (Å²) in [6, 6.07) is 11.3. The van der Waals surface area contributed by atoms with Gasteiger partial charge in [0.1, 0.15) is 11.3 Å². The van der Waals surface area contributed by atoms with Crippen LogP contribution in [-0.4, -0.2) is 82.3 Å². The Morgan fingerprint density at radius 3 is 2.29 bits per heavy atom. The van der Waals surface area contributed by atoms with Gasteiger partial charge in [-0.15, -0.1) is 0 Å². The SMILES string of the molecule is CC(=O)N1CCN(C(=O)c2nc(-c3ccccc3)cc3c2nc(C)n3C2CCS(=O)(=O)C2)CC1. The number of aryl methyl sites for hydroxylation is 1. The minimum absolute atomic E-state index is 0.000395. The van der Waals surface area contributed by atoms with Crippen molar-refractivity contribution < 1.29 is 18.0 Å². The topological polar surface area (TPSA) is 105 Å². The first-order chi connectivity index (χ1) is 16.2. The molecule has 2 amide bonds. The van der Waals surface area contributed by atoms with Crippen molar-refractivity contribution in [2.75, 3.05) is 37.7 Å². The van der Waals surface area contributed by atoms with Crippen molar-refractivity contribution in [1.29, 1.82) is 0 Å². The number of fused-ring (bicyclic) bond motifs is 1. The molecule has 2 aliphatic heterocycles. The Hall–Kier alpha value is -3.27. The molecule has 0 bridgehead atoms. The summed E-state index contributed by atoms with van der Waals surface area (Å²) in [5.41, 5.74) is 2.97. The first-order valence-electron chi connectivity index (χ1n) is 11.4. The third-order valence-corrected chi connectivity index (χ3v) is 8.46. The molecule has 2 aromatic heterocycles. The van der Waals surface area contributed by atoms with Gasteiger partial charge in [-0.2, -0.15) is 0 Å². The molecule has 9 nitrogen and oxygen atoms in total. The van der Waals surface area contributed by atoms with Crippen LogP contribution in [0.1, 0.15) is 35.7 Å². The van der Waals surface area contributed by atoms with Crippen molar-refractivity contribution in [3.05, 3.63) is 47.9 Å². The number of hydrogen-bond donors (Lipinski definition) is 0. The highest BCUT2D eigenvalue weighted by Gasteiger charge is 2.33. The zero-order valence-electron chi connectivity index (χ0n) is 19.3. The van der Waals surface area contributed by atoms with Crippen LogP contribution in [0.15, 0.2) is 36.4 Å². The van der Waals surface area contributed by atoms with Gasteiger partial charge in [-0.3, -0.25) is 9.59 Å². The molecule has 0 aliphatic carbocycles. The van der Waals surface area contributed by atoms with E-state index in [2.05, 4.69) is 0 Å². The van der Waals surface area contributed by atoms with Crippen molar-refractivity contribution in [2.45, 2.75) is 26.3 Å². The molecule has 2 saturated heterocycles. The molecule has 3 aromatic rings. The standard InChI is InChI=1S/C24H27N5O4S/c1-16-25-22-21(29(16)19-8-13-34(32,33)15-19)14-20(18-6-4-3-5-7-18)26-23(22)24(31)28-11-9-27(10-12-28)17(2)30/h3-7,14,19H,8-13,15H2,1-2H3. The van der Waals surface area contributed by atoms with Crippen LogP contribution in [0, 0.1) is 6.92 Å². The molecule has 0 spiro atoms. The molecule has 0 N–H and O–H groups in total. The molecule has 0 radical (unpaired) electrons. The number of carbonyl (C=O) groups is 2. The molecule has 1 aromatic carbocycles. The molecule has 4 heterocycles. The number of hydrogen-bond acceptors (Lipinski definition) is 6. The fourth-order valence-electron chi connectivity index (χ4n) is 4.93. The smallest absolute Gasteiger partial charge is 0.274 e. The number of imidazole rings is 1. The minimum atomic E-state index is -3.10. The molecular formula is C24H27N5O4S. The lowest BCUT2D eigenvalue weighted by Gasteiger charge is -2.34. The lowest BCUT2D eigenvalue weighted by Crippen LogP contribution is -2.50. The molecule has 34 heavy (non-hydrogen) atoms. The number of rotatable bonds is 3. The van der Waals surface area contributed by atoms with E-state index in [0.29, 0.717) is 49.6 Å². The third kappa shape index (κ3) is 4.06. The van der Waals surface area contributed by atoms with E-state index < -0.39 is 9.84 Å². The van der Waals surface area contributed by atoms with E-state index in [0.717, 1.165) is 11.1 Å². The van der Waals surface area contributed by atoms with Crippen molar-refractivity contribution in [3.63, 3.8) is 0 Å². The van der Waals surface area contributed by atoms with Crippen molar-refractivity contribution in [3.8, 4) is 11.3 Å². The zero-order chi connectivity index (χ0) is 24.0. The van der Waals surface area contributed by atoms with Crippen LogP contribution in [0.2, 0.25) is 0 Å². The van der Waals surface area contributed by atoms with Crippen molar-refractivity contribution >= 4 is 32.7 Å². The van der Waals surface area contributed by atoms with Gasteiger partial charge in [-0.1, -0.05) is 30.3 Å². The highest BCUT2D eigenvalue weighted by atomic mass is 32.2. The van der Waals surface area contributed by atoms with Gasteiger partial charge in [0, 0.05) is 38.7 Å². The minimum Gasteiger partial charge on any atom is -0.339 e. The number of amides is 2. The summed E-state index contributed by atoms with van der Waals surface area (Å²) in [5.74, 6) is 0.659. The largest absolute Gasteiger partial charge is 0.339 e. The normalized spacial score (nSPS) is 20.1. The maximum absolute atomic E-state index is 13.6. The van der Waals surface area contributed by atoms with Gasteiger partial charge >= 0.3 is 0 Å². The fourth-order valence-corrected chi connectivity index (χ4v) is 6.63. The molecule has 2 aliphatic rings. The molecule has 0 saturated carbocycles. The van der Waals surface area contributed by atoms with E-state index in [1.54, 1.807) is 9.80 Å². The van der Waals surface area contributed by atoms with Gasteiger partial charge in [-0.25, -0.2) is 18.4 Å². The Labute approximate surface area is 198 Å². The molecule has 2 fully saturated rings. The van der Waals surface area contributed by atoms with Crippen LogP contribution in [-0.2, 0) is 14.6 Å². The van der Waals surface area contributed by atoms with Crippen LogP contribution < -0.4 is 0 Å². The van der Waals surface area contributed by atoms with Gasteiger partial charge in [-0.05, 0) is 19.4 Å². The van der Waals surface area contributed by atoms with Gasteiger partial charge in [0.15, 0.2) is 15.5 Å². The molecule has 1 unspecified atom stereocenters. The highest BCUT2D eigenvalue weighted by molar-refractivity contribution is 7.91. The van der Waals surface area contributed by atoms with Crippen LogP contribution in [0.5, 0.6) is 0 Å². The van der Waals surface area contributed by atoms with Crippen LogP contribution in [0.25, 0.3) is 22.3 Å². The number of piperazine rings is 1. The molecule has 1 atom stereocenters. The second-order valence-corrected chi connectivity index (χ2v) is 11.2. The average Bonchev–Trinajstić information content (AvgIpc) is 3.36. The summed E-state index contributed by atoms with van der Waals surface area (Å²) in [5, 5.41) is 0. The summed E-state index contributed by atoms with van der Waals surface area (Å²) in [6.45, 7) is 5.19. The highest BCUT2D eigenvalue weighted by Crippen LogP contribution is 2.33. The zero-order valence-corrected chi connectivity index (χ0v) is 20.1. The monoisotopic (exact) mass is 481 g/mol. The van der Waals surface area contributed by atoms with E-state index in [4.69, 9.17) is 9.97 Å². The van der Waals surface area contributed by atoms with E-state index in [9.17, 15) is 18.0 Å². The predicted molar refractivity (Wildman–Crippen MR) is 128 cm³/mol. The van der Waals surface area contributed by atoms with Gasteiger partial charge in [0.05, 0.1) is 28.8 Å². The molecular weight excluding hydrogens is 454 g/mol. The van der Waals surface area contributed by atoms with E-state index >= 15 is 0 Å². The van der Waals surface area contributed by atoms with E-state index in [-0.39, 0.29) is 35.1 Å². The summed E-state index contributed by atoms with van der Waals surface area (Å²) in [7, 11) is -3.10. The first-order valence-corrected chi connectivity index (χ1v) is 13.3. The van der Waals surface area contributed by atoms with Gasteiger partial charge in [0.2, 0.25) is 5.91 Å². The Kier molecular flexibility index (Phi) is 5.63. The van der Waals surface area contributed by atoms with Crippen LogP contribution >= 0.6 is 0 Å². The number of sulfone groups is 1. The predicted octanol–water partition coefficient (Wildman–Crippen LogP) is 2.07. The Balaban J connectivity index is 1.62. The maximum atomic E-state index is 13.6. The van der Waals surface area contributed by atoms with Crippen molar-refractivity contribution in [2.24, 2.45) is 0 Å². The second kappa shape index (κ2) is 8.50. The van der Waals surface area contributed by atoms with E-state index in [1.807, 2.05) is 47.9 Å². The first kappa shape index (κ1) is 22.5. The van der Waals surface area contributed by atoms with Crippen molar-refractivity contribution in [1.82, 2.24) is 24.3 Å². The lowest BCUT2D eigenvalue weighted by molar-refractivity contribution is -0.130. The van der Waals surface area contributed by atoms with Gasteiger partial charge in [0.25, 0.3) is 5.91 Å². The fraction of sp³-hybridized carbons (Fsp3) is 0.417. The van der Waals surface area contributed by atoms with Crippen LogP contribution in [0.3, 0.4) is 0 Å². The quantitative estimate of drug-likeness (QED) is 0.567. The summed E-state index contributed by atoms with van der Waals surface area (Å²) < 4.78 is 26.3. The number of pyridine rings is 1. The molecule has 5 rings (SSSR count). The van der Waals surface area contributed by atoms with Crippen LogP contribution in [0.4, 0.5) is 0 Å². The summed E-state index contributed by atoms with van der Waals surface area (Å²) >= 11 is 0. The summed E-state index contributed by atoms with van der Waals surface area (Å²) in [6.07, 6.45) is 0.522. The Bertz CT molecular complexity index is 1380. The molecule has 10 heteroatoms. The Morgan fingerprint density at radius 1 is 1.00 bits per heavy atom. The maximum Gasteiger partial charge on any atom is 0.274 e. The average molecular weight is 482 g/mol. The third-order valence-electron chi connectivity index (χ3n) is 6.71. The van der Waals surface area contributed by atoms with E-state index in [1.165, 1.54) is 6.92 Å². The molecule has 178 valence electrons. The number of carbonyl (C=O) groups excluding carboxylic acids is 2. The number of aromatic nitrogens is 3. The Morgan fingerprint density at radius 2 is 1.68 bits per heavy atom. The summed E-state index contributed by atoms with van der Waals surface area (Å²) in [4.78, 5) is 38.2. The number of benzene rings is 1. The number of nitrogens with zero attached hydrogens (tertiary/aromatic N) is 5. The second-order valence-electron chi connectivity index (χ2n) is 8.97.